The van der Waals surface area contributed by atoms with Gasteiger partial charge in [-0.15, -0.1) is 5.11 Å². The van der Waals surface area contributed by atoms with E-state index >= 15 is 0 Å². The quantitative estimate of drug-likeness (QED) is 0.858. The number of aromatic nitrogens is 2. The van der Waals surface area contributed by atoms with Crippen LogP contribution < -0.4 is 16.3 Å². The van der Waals surface area contributed by atoms with Crippen LogP contribution in [0, 0.1) is 0 Å². The van der Waals surface area contributed by atoms with Crippen molar-refractivity contribution in [3.8, 4) is 0 Å². The van der Waals surface area contributed by atoms with E-state index in [2.05, 4.69) is 15.2 Å². The van der Waals surface area contributed by atoms with Gasteiger partial charge in [0.2, 0.25) is 0 Å². The second-order valence-corrected chi connectivity index (χ2v) is 5.72. The van der Waals surface area contributed by atoms with Crippen molar-refractivity contribution in [1.82, 2.24) is 9.55 Å². The summed E-state index contributed by atoms with van der Waals surface area (Å²) in [5.74, 6) is 0.644. The SMILES string of the molecule is Cn1c(N2CCOCC2)c(N=Nc2ccc(Cl)cc2)c(N)nc1=O. The van der Waals surface area contributed by atoms with Crippen molar-refractivity contribution in [3.63, 3.8) is 0 Å². The largest absolute Gasteiger partial charge is 0.382 e. The molecule has 0 saturated carbocycles. The topological polar surface area (TPSA) is 98.1 Å². The lowest BCUT2D eigenvalue weighted by Gasteiger charge is -2.30. The van der Waals surface area contributed by atoms with Crippen molar-refractivity contribution in [2.45, 2.75) is 0 Å². The molecule has 1 aliphatic heterocycles. The van der Waals surface area contributed by atoms with Gasteiger partial charge in [0.25, 0.3) is 0 Å². The van der Waals surface area contributed by atoms with Gasteiger partial charge in [0, 0.05) is 25.2 Å². The summed E-state index contributed by atoms with van der Waals surface area (Å²) in [6, 6.07) is 6.93. The zero-order chi connectivity index (χ0) is 17.1. The van der Waals surface area contributed by atoms with Gasteiger partial charge in [-0.1, -0.05) is 11.6 Å². The van der Waals surface area contributed by atoms with Gasteiger partial charge in [0.15, 0.2) is 11.5 Å². The van der Waals surface area contributed by atoms with Crippen LogP contribution in [0.3, 0.4) is 0 Å². The fourth-order valence-electron chi connectivity index (χ4n) is 2.44. The normalized spacial score (nSPS) is 15.2. The number of halogens is 1. The average Bonchev–Trinajstić information content (AvgIpc) is 2.59. The van der Waals surface area contributed by atoms with Crippen LogP contribution in [0.1, 0.15) is 0 Å². The Kier molecular flexibility index (Phi) is 4.77. The number of azo groups is 1. The van der Waals surface area contributed by atoms with Crippen molar-refractivity contribution >= 4 is 34.6 Å². The summed E-state index contributed by atoms with van der Waals surface area (Å²) in [4.78, 5) is 17.8. The maximum atomic E-state index is 12.0. The molecule has 0 atom stereocenters. The summed E-state index contributed by atoms with van der Waals surface area (Å²) in [6.45, 7) is 2.43. The Hall–Kier alpha value is -2.45. The smallest absolute Gasteiger partial charge is 0.350 e. The highest BCUT2D eigenvalue weighted by Crippen LogP contribution is 2.33. The monoisotopic (exact) mass is 348 g/mol. The third-order valence-electron chi connectivity index (χ3n) is 3.68. The fraction of sp³-hybridized carbons (Fsp3) is 0.333. The van der Waals surface area contributed by atoms with Crippen molar-refractivity contribution in [2.24, 2.45) is 17.3 Å². The Balaban J connectivity index is 2.03. The average molecular weight is 349 g/mol. The summed E-state index contributed by atoms with van der Waals surface area (Å²) in [5, 5.41) is 9.03. The molecule has 0 aliphatic carbocycles. The van der Waals surface area contributed by atoms with Gasteiger partial charge in [-0.2, -0.15) is 10.1 Å². The van der Waals surface area contributed by atoms with E-state index in [1.54, 1.807) is 31.3 Å². The lowest BCUT2D eigenvalue weighted by atomic mass is 10.3. The number of nitrogens with two attached hydrogens (primary N) is 1. The first-order valence-corrected chi connectivity index (χ1v) is 7.80. The van der Waals surface area contributed by atoms with Crippen LogP contribution in [0.2, 0.25) is 5.02 Å². The lowest BCUT2D eigenvalue weighted by Crippen LogP contribution is -2.40. The van der Waals surface area contributed by atoms with Gasteiger partial charge in [-0.05, 0) is 24.3 Å². The van der Waals surface area contributed by atoms with E-state index in [4.69, 9.17) is 22.1 Å². The molecule has 1 fully saturated rings. The molecule has 1 saturated heterocycles. The second kappa shape index (κ2) is 6.98. The zero-order valence-corrected chi connectivity index (χ0v) is 13.9. The van der Waals surface area contributed by atoms with Gasteiger partial charge in [-0.3, -0.25) is 4.57 Å². The summed E-state index contributed by atoms with van der Waals surface area (Å²) >= 11 is 5.86. The van der Waals surface area contributed by atoms with Gasteiger partial charge < -0.3 is 15.4 Å². The molecule has 9 heteroatoms. The number of anilines is 2. The molecular formula is C15H17ClN6O2. The number of nitrogen functional groups attached to an aromatic ring is 1. The molecule has 3 rings (SSSR count). The van der Waals surface area contributed by atoms with Crippen molar-refractivity contribution in [3.05, 3.63) is 39.8 Å². The summed E-state index contributed by atoms with van der Waals surface area (Å²) < 4.78 is 6.79. The highest BCUT2D eigenvalue weighted by Gasteiger charge is 2.21. The lowest BCUT2D eigenvalue weighted by molar-refractivity contribution is 0.122. The Morgan fingerprint density at radius 1 is 1.21 bits per heavy atom. The van der Waals surface area contributed by atoms with Crippen molar-refractivity contribution in [2.75, 3.05) is 36.9 Å². The fourth-order valence-corrected chi connectivity index (χ4v) is 2.57. The van der Waals surface area contributed by atoms with E-state index in [1.165, 1.54) is 4.57 Å². The molecule has 1 aliphatic rings. The number of morpholine rings is 1. The number of hydrogen-bond donors (Lipinski definition) is 1. The maximum Gasteiger partial charge on any atom is 0.350 e. The predicted molar refractivity (Wildman–Crippen MR) is 92.6 cm³/mol. The van der Waals surface area contributed by atoms with Crippen molar-refractivity contribution in [1.29, 1.82) is 0 Å². The Morgan fingerprint density at radius 2 is 1.88 bits per heavy atom. The molecular weight excluding hydrogens is 332 g/mol. The van der Waals surface area contributed by atoms with Gasteiger partial charge >= 0.3 is 5.69 Å². The number of rotatable bonds is 3. The van der Waals surface area contributed by atoms with Crippen LogP contribution in [-0.4, -0.2) is 35.9 Å². The van der Waals surface area contributed by atoms with E-state index in [-0.39, 0.29) is 5.82 Å². The Labute approximate surface area is 143 Å². The second-order valence-electron chi connectivity index (χ2n) is 5.29. The molecule has 24 heavy (non-hydrogen) atoms. The predicted octanol–water partition coefficient (Wildman–Crippen LogP) is 2.27. The number of nitrogens with zero attached hydrogens (tertiary/aromatic N) is 5. The van der Waals surface area contributed by atoms with Crippen LogP contribution >= 0.6 is 11.6 Å². The third kappa shape index (κ3) is 3.39. The van der Waals surface area contributed by atoms with E-state index < -0.39 is 5.69 Å². The molecule has 0 unspecified atom stereocenters. The standard InChI is InChI=1S/C15H17ClN6O2/c1-21-14(22-6-8-24-9-7-22)12(13(17)18-15(21)23)20-19-11-4-2-10(16)3-5-11/h2-5H,6-9H2,1H3,(H2,17,18,23). The summed E-state index contributed by atoms with van der Waals surface area (Å²) in [6.07, 6.45) is 0. The molecule has 0 bridgehead atoms. The van der Waals surface area contributed by atoms with Crippen LogP contribution in [0.4, 0.5) is 23.0 Å². The highest BCUT2D eigenvalue weighted by atomic mass is 35.5. The Bertz CT molecular complexity index is 812. The highest BCUT2D eigenvalue weighted by molar-refractivity contribution is 6.30. The van der Waals surface area contributed by atoms with Gasteiger partial charge in [0.05, 0.1) is 18.9 Å². The first kappa shape index (κ1) is 16.4. The number of ether oxygens (including phenoxy) is 1. The first-order valence-electron chi connectivity index (χ1n) is 7.43. The van der Waals surface area contributed by atoms with Crippen LogP contribution in [0.15, 0.2) is 39.3 Å². The van der Waals surface area contributed by atoms with Crippen LogP contribution in [-0.2, 0) is 11.8 Å². The molecule has 2 heterocycles. The minimum absolute atomic E-state index is 0.0531. The van der Waals surface area contributed by atoms with Gasteiger partial charge in [0.1, 0.15) is 5.82 Å². The minimum atomic E-state index is -0.431. The molecule has 2 N–H and O–H groups in total. The van der Waals surface area contributed by atoms with E-state index in [1.807, 2.05) is 4.90 Å². The van der Waals surface area contributed by atoms with E-state index in [0.29, 0.717) is 48.5 Å². The molecule has 0 spiro atoms. The minimum Gasteiger partial charge on any atom is -0.382 e. The third-order valence-corrected chi connectivity index (χ3v) is 3.93. The molecule has 2 aromatic rings. The zero-order valence-electron chi connectivity index (χ0n) is 13.1. The van der Waals surface area contributed by atoms with Crippen molar-refractivity contribution < 1.29 is 4.74 Å². The molecule has 1 aromatic carbocycles. The van der Waals surface area contributed by atoms with E-state index in [9.17, 15) is 4.79 Å². The molecule has 8 nitrogen and oxygen atoms in total. The van der Waals surface area contributed by atoms with Gasteiger partial charge in [-0.25, -0.2) is 4.79 Å². The maximum absolute atomic E-state index is 12.0. The summed E-state index contributed by atoms with van der Waals surface area (Å²) in [7, 11) is 1.64. The molecule has 1 aromatic heterocycles. The first-order chi connectivity index (χ1) is 11.6. The van der Waals surface area contributed by atoms with E-state index in [0.717, 1.165) is 0 Å². The Morgan fingerprint density at radius 3 is 2.54 bits per heavy atom. The van der Waals surface area contributed by atoms with Crippen LogP contribution in [0.25, 0.3) is 0 Å². The molecule has 126 valence electrons. The number of hydrogen-bond acceptors (Lipinski definition) is 7. The summed E-state index contributed by atoms with van der Waals surface area (Å²) in [5.41, 5.74) is 6.49. The molecule has 0 radical (unpaired) electrons. The van der Waals surface area contributed by atoms with Crippen LogP contribution in [0.5, 0.6) is 0 Å². The number of benzene rings is 1. The molecule has 0 amide bonds.